The molecular weight excluding hydrogens is 102 g/mol. The minimum Gasteiger partial charge on any atom is -0.364 e. The highest BCUT2D eigenvalue weighted by Gasteiger charge is 2.16. The van der Waals surface area contributed by atoms with Crippen molar-refractivity contribution in [2.75, 3.05) is 6.61 Å². The molecule has 1 N–H and O–H groups in total. The molecule has 1 rings (SSSR count). The van der Waals surface area contributed by atoms with Gasteiger partial charge in [-0.15, -0.1) is 0 Å². The molecule has 0 saturated carbocycles. The van der Waals surface area contributed by atoms with Crippen LogP contribution in [0.1, 0.15) is 13.8 Å². The van der Waals surface area contributed by atoms with Crippen LogP contribution in [-0.2, 0) is 4.74 Å². The molecule has 0 bridgehead atoms. The van der Waals surface area contributed by atoms with E-state index in [1.165, 1.54) is 0 Å². The van der Waals surface area contributed by atoms with Crippen LogP contribution in [0, 0.1) is 0 Å². The Balaban J connectivity index is 2.50. The van der Waals surface area contributed by atoms with Crippen molar-refractivity contribution >= 4 is 0 Å². The summed E-state index contributed by atoms with van der Waals surface area (Å²) in [6.45, 7) is 4.72. The topological polar surface area (TPSA) is 21.3 Å². The Hall–Kier alpha value is -0.500. The van der Waals surface area contributed by atoms with Crippen LogP contribution in [0.2, 0.25) is 0 Å². The second kappa shape index (κ2) is 1.78. The minimum atomic E-state index is -0.158. The summed E-state index contributed by atoms with van der Waals surface area (Å²) in [5.74, 6) is 0. The van der Waals surface area contributed by atoms with E-state index >= 15 is 0 Å². The lowest BCUT2D eigenvalue weighted by Gasteiger charge is -2.27. The standard InChI is InChI=1S/C6H11NO/c1-6(2)7-4-3-5-8-6/h3-4,7H,5H2,1-2H3. The molecule has 0 unspecified atom stereocenters. The van der Waals surface area contributed by atoms with Gasteiger partial charge in [-0.3, -0.25) is 0 Å². The highest BCUT2D eigenvalue weighted by Crippen LogP contribution is 2.06. The van der Waals surface area contributed by atoms with Gasteiger partial charge in [-0.2, -0.15) is 0 Å². The molecule has 8 heavy (non-hydrogen) atoms. The summed E-state index contributed by atoms with van der Waals surface area (Å²) in [4.78, 5) is 0. The quantitative estimate of drug-likeness (QED) is 0.503. The Morgan fingerprint density at radius 2 is 2.38 bits per heavy atom. The fourth-order valence-corrected chi connectivity index (χ4v) is 0.606. The van der Waals surface area contributed by atoms with E-state index in [1.807, 2.05) is 26.1 Å². The first-order valence-electron chi connectivity index (χ1n) is 2.77. The summed E-state index contributed by atoms with van der Waals surface area (Å²) in [5.41, 5.74) is -0.158. The maximum absolute atomic E-state index is 5.27. The van der Waals surface area contributed by atoms with Crippen molar-refractivity contribution in [2.45, 2.75) is 19.6 Å². The maximum Gasteiger partial charge on any atom is 0.133 e. The zero-order chi connectivity index (χ0) is 6.04. The lowest BCUT2D eigenvalue weighted by molar-refractivity contribution is -0.0264. The zero-order valence-electron chi connectivity index (χ0n) is 5.27. The van der Waals surface area contributed by atoms with Gasteiger partial charge in [0.1, 0.15) is 5.72 Å². The molecule has 0 amide bonds. The lowest BCUT2D eigenvalue weighted by atomic mass is 10.3. The van der Waals surface area contributed by atoms with Gasteiger partial charge in [0, 0.05) is 0 Å². The van der Waals surface area contributed by atoms with E-state index in [0.717, 1.165) is 6.61 Å². The normalized spacial score (nSPS) is 24.8. The van der Waals surface area contributed by atoms with Crippen molar-refractivity contribution in [1.29, 1.82) is 0 Å². The van der Waals surface area contributed by atoms with Crippen LogP contribution in [0.25, 0.3) is 0 Å². The molecular formula is C6H11NO. The molecule has 1 heterocycles. The molecule has 2 heteroatoms. The predicted molar refractivity (Wildman–Crippen MR) is 32.3 cm³/mol. The van der Waals surface area contributed by atoms with Gasteiger partial charge in [-0.1, -0.05) is 0 Å². The molecule has 0 saturated heterocycles. The molecule has 0 aromatic carbocycles. The van der Waals surface area contributed by atoms with E-state index in [4.69, 9.17) is 4.74 Å². The summed E-state index contributed by atoms with van der Waals surface area (Å²) in [6.07, 6.45) is 3.87. The Kier molecular flexibility index (Phi) is 1.26. The molecule has 1 aliphatic rings. The predicted octanol–water partition coefficient (Wildman–Crippen LogP) is 0.856. The molecule has 0 aromatic heterocycles. The average molecular weight is 113 g/mol. The van der Waals surface area contributed by atoms with Crippen molar-refractivity contribution in [3.8, 4) is 0 Å². The van der Waals surface area contributed by atoms with Crippen molar-refractivity contribution in [3.05, 3.63) is 12.3 Å². The smallest absolute Gasteiger partial charge is 0.133 e. The van der Waals surface area contributed by atoms with Gasteiger partial charge in [0.25, 0.3) is 0 Å². The number of ether oxygens (including phenoxy) is 1. The monoisotopic (exact) mass is 113 g/mol. The molecule has 46 valence electrons. The summed E-state index contributed by atoms with van der Waals surface area (Å²) in [7, 11) is 0. The minimum absolute atomic E-state index is 0.158. The first-order valence-corrected chi connectivity index (χ1v) is 2.77. The third-order valence-electron chi connectivity index (χ3n) is 1.09. The molecule has 0 radical (unpaired) electrons. The summed E-state index contributed by atoms with van der Waals surface area (Å²) < 4.78 is 5.27. The molecule has 0 aliphatic carbocycles. The fraction of sp³-hybridized carbons (Fsp3) is 0.667. The van der Waals surface area contributed by atoms with Gasteiger partial charge in [0.05, 0.1) is 6.61 Å². The van der Waals surface area contributed by atoms with Gasteiger partial charge >= 0.3 is 0 Å². The second-order valence-electron chi connectivity index (χ2n) is 2.37. The Bertz CT molecular complexity index is 107. The fourth-order valence-electron chi connectivity index (χ4n) is 0.606. The van der Waals surface area contributed by atoms with Crippen LogP contribution in [0.3, 0.4) is 0 Å². The van der Waals surface area contributed by atoms with E-state index in [1.54, 1.807) is 0 Å². The van der Waals surface area contributed by atoms with Gasteiger partial charge in [-0.05, 0) is 26.1 Å². The molecule has 0 aromatic rings. The summed E-state index contributed by atoms with van der Waals surface area (Å²) >= 11 is 0. The summed E-state index contributed by atoms with van der Waals surface area (Å²) in [6, 6.07) is 0. The first-order chi connectivity index (χ1) is 3.71. The van der Waals surface area contributed by atoms with Crippen molar-refractivity contribution in [3.63, 3.8) is 0 Å². The van der Waals surface area contributed by atoms with Gasteiger partial charge in [0.15, 0.2) is 0 Å². The van der Waals surface area contributed by atoms with E-state index in [-0.39, 0.29) is 5.72 Å². The number of nitrogens with one attached hydrogen (secondary N) is 1. The molecule has 0 atom stereocenters. The van der Waals surface area contributed by atoms with Crippen molar-refractivity contribution in [2.24, 2.45) is 0 Å². The van der Waals surface area contributed by atoms with Crippen molar-refractivity contribution < 1.29 is 4.74 Å². The van der Waals surface area contributed by atoms with Crippen LogP contribution in [0.4, 0.5) is 0 Å². The Labute approximate surface area is 49.5 Å². The lowest BCUT2D eigenvalue weighted by Crippen LogP contribution is -2.40. The molecule has 2 nitrogen and oxygen atoms in total. The average Bonchev–Trinajstić information content (AvgIpc) is 1.65. The van der Waals surface area contributed by atoms with Crippen LogP contribution in [0.5, 0.6) is 0 Å². The first kappa shape index (κ1) is 5.63. The van der Waals surface area contributed by atoms with Crippen molar-refractivity contribution in [1.82, 2.24) is 5.32 Å². The van der Waals surface area contributed by atoms with Crippen LogP contribution in [0.15, 0.2) is 12.3 Å². The maximum atomic E-state index is 5.27. The van der Waals surface area contributed by atoms with Crippen LogP contribution in [-0.4, -0.2) is 12.3 Å². The number of hydrogen-bond donors (Lipinski definition) is 1. The van der Waals surface area contributed by atoms with E-state index in [2.05, 4.69) is 5.32 Å². The van der Waals surface area contributed by atoms with Gasteiger partial charge < -0.3 is 10.1 Å². The van der Waals surface area contributed by atoms with Gasteiger partial charge in [0.2, 0.25) is 0 Å². The zero-order valence-corrected chi connectivity index (χ0v) is 5.27. The molecule has 1 aliphatic heterocycles. The number of hydrogen-bond acceptors (Lipinski definition) is 2. The largest absolute Gasteiger partial charge is 0.364 e. The third-order valence-corrected chi connectivity index (χ3v) is 1.09. The van der Waals surface area contributed by atoms with E-state index in [0.29, 0.717) is 0 Å². The van der Waals surface area contributed by atoms with Crippen LogP contribution >= 0.6 is 0 Å². The highest BCUT2D eigenvalue weighted by atomic mass is 16.5. The Morgan fingerprint density at radius 1 is 1.62 bits per heavy atom. The number of rotatable bonds is 0. The highest BCUT2D eigenvalue weighted by molar-refractivity contribution is 4.88. The molecule has 0 spiro atoms. The second-order valence-corrected chi connectivity index (χ2v) is 2.37. The molecule has 0 fully saturated rings. The summed E-state index contributed by atoms with van der Waals surface area (Å²) in [5, 5.41) is 3.06. The van der Waals surface area contributed by atoms with E-state index < -0.39 is 0 Å². The van der Waals surface area contributed by atoms with Gasteiger partial charge in [-0.25, -0.2) is 0 Å². The SMILES string of the molecule is CC1(C)NC=CCO1. The third kappa shape index (κ3) is 1.23. The van der Waals surface area contributed by atoms with E-state index in [9.17, 15) is 0 Å². The Morgan fingerprint density at radius 3 is 2.62 bits per heavy atom. The van der Waals surface area contributed by atoms with Crippen LogP contribution < -0.4 is 5.32 Å².